The van der Waals surface area contributed by atoms with Crippen molar-refractivity contribution < 1.29 is 18.5 Å². The highest BCUT2D eigenvalue weighted by molar-refractivity contribution is 5.95. The van der Waals surface area contributed by atoms with Crippen LogP contribution in [0, 0.1) is 21.7 Å². The van der Waals surface area contributed by atoms with Gasteiger partial charge in [0, 0.05) is 25.0 Å². The summed E-state index contributed by atoms with van der Waals surface area (Å²) >= 11 is 0. The molecule has 20 heavy (non-hydrogen) atoms. The average Bonchev–Trinajstić information content (AvgIpc) is 2.89. The normalized spacial score (nSPS) is 10.3. The molecule has 2 rings (SSSR count). The third-order valence-electron chi connectivity index (χ3n) is 2.61. The number of nitrogens with one attached hydrogen (secondary N) is 2. The highest BCUT2D eigenvalue weighted by Crippen LogP contribution is 2.23. The molecule has 104 valence electrons. The summed E-state index contributed by atoms with van der Waals surface area (Å²) in [6, 6.07) is 3.03. The summed E-state index contributed by atoms with van der Waals surface area (Å²) in [6.07, 6.45) is 3.22. The van der Waals surface area contributed by atoms with E-state index in [-0.39, 0.29) is 6.54 Å². The number of amides is 1. The van der Waals surface area contributed by atoms with Gasteiger partial charge in [-0.25, -0.2) is 4.39 Å². The average molecular weight is 281 g/mol. The fraction of sp³-hybridized carbons (Fsp3) is 0.0833. The van der Waals surface area contributed by atoms with Gasteiger partial charge in [0.05, 0.1) is 4.92 Å². The van der Waals surface area contributed by atoms with E-state index in [1.807, 2.05) is 0 Å². The fourth-order valence-electron chi connectivity index (χ4n) is 1.63. The van der Waals surface area contributed by atoms with Gasteiger partial charge in [-0.1, -0.05) is 0 Å². The van der Waals surface area contributed by atoms with Gasteiger partial charge in [-0.05, 0) is 17.7 Å². The zero-order valence-electron chi connectivity index (χ0n) is 10.0. The summed E-state index contributed by atoms with van der Waals surface area (Å²) in [5, 5.41) is 12.8. The Balaban J connectivity index is 2.25. The predicted molar refractivity (Wildman–Crippen MR) is 65.0 cm³/mol. The Bertz CT molecular complexity index is 656. The maximum absolute atomic E-state index is 13.8. The molecule has 1 amide bonds. The Morgan fingerprint density at radius 2 is 2.10 bits per heavy atom. The van der Waals surface area contributed by atoms with Gasteiger partial charge in [-0.3, -0.25) is 14.9 Å². The lowest BCUT2D eigenvalue weighted by molar-refractivity contribution is -0.387. The number of aromatic amines is 1. The van der Waals surface area contributed by atoms with Crippen LogP contribution in [0.25, 0.3) is 0 Å². The summed E-state index contributed by atoms with van der Waals surface area (Å²) in [7, 11) is 0. The second-order valence-corrected chi connectivity index (χ2v) is 3.91. The van der Waals surface area contributed by atoms with Gasteiger partial charge >= 0.3 is 5.69 Å². The molecule has 2 aromatic rings. The molecule has 1 heterocycles. The summed E-state index contributed by atoms with van der Waals surface area (Å²) in [5.74, 6) is -3.69. The van der Waals surface area contributed by atoms with E-state index in [9.17, 15) is 23.7 Å². The van der Waals surface area contributed by atoms with Crippen LogP contribution in [0.3, 0.4) is 0 Å². The SMILES string of the molecule is O=C(NCc1cc[nH]c1)c1c(F)ccc([N+](=O)[O-])c1F. The molecule has 0 unspecified atom stereocenters. The van der Waals surface area contributed by atoms with Gasteiger partial charge in [0.1, 0.15) is 11.4 Å². The molecule has 0 bridgehead atoms. The summed E-state index contributed by atoms with van der Waals surface area (Å²) in [6.45, 7) is 0.0455. The van der Waals surface area contributed by atoms with Crippen molar-refractivity contribution in [3.63, 3.8) is 0 Å². The second kappa shape index (κ2) is 5.47. The number of nitro groups is 1. The molecular weight excluding hydrogens is 272 g/mol. The number of H-pyrrole nitrogens is 1. The van der Waals surface area contributed by atoms with Crippen LogP contribution < -0.4 is 5.32 Å². The quantitative estimate of drug-likeness (QED) is 0.664. The first-order valence-corrected chi connectivity index (χ1v) is 5.53. The number of carbonyl (C=O) groups excluding carboxylic acids is 1. The monoisotopic (exact) mass is 281 g/mol. The van der Waals surface area contributed by atoms with E-state index in [2.05, 4.69) is 10.3 Å². The number of nitrogens with zero attached hydrogens (tertiary/aromatic N) is 1. The molecule has 1 aromatic carbocycles. The van der Waals surface area contributed by atoms with E-state index >= 15 is 0 Å². The number of hydrogen-bond acceptors (Lipinski definition) is 3. The number of rotatable bonds is 4. The third-order valence-corrected chi connectivity index (χ3v) is 2.61. The summed E-state index contributed by atoms with van der Waals surface area (Å²) in [4.78, 5) is 24.0. The molecule has 0 saturated carbocycles. The second-order valence-electron chi connectivity index (χ2n) is 3.91. The first-order chi connectivity index (χ1) is 9.50. The lowest BCUT2D eigenvalue weighted by atomic mass is 10.1. The lowest BCUT2D eigenvalue weighted by Crippen LogP contribution is -2.25. The van der Waals surface area contributed by atoms with Crippen molar-refractivity contribution in [1.29, 1.82) is 0 Å². The minimum atomic E-state index is -1.48. The lowest BCUT2D eigenvalue weighted by Gasteiger charge is -2.06. The van der Waals surface area contributed by atoms with Gasteiger partial charge in [0.15, 0.2) is 0 Å². The molecule has 1 aromatic heterocycles. The van der Waals surface area contributed by atoms with E-state index in [1.54, 1.807) is 18.5 Å². The molecule has 0 fully saturated rings. The molecule has 0 spiro atoms. The molecule has 0 aliphatic rings. The highest BCUT2D eigenvalue weighted by Gasteiger charge is 2.25. The number of carbonyl (C=O) groups is 1. The first-order valence-electron chi connectivity index (χ1n) is 5.53. The van der Waals surface area contributed by atoms with Gasteiger partial charge in [0.2, 0.25) is 5.82 Å². The van der Waals surface area contributed by atoms with Crippen LogP contribution in [0.4, 0.5) is 14.5 Å². The van der Waals surface area contributed by atoms with Gasteiger partial charge in [-0.15, -0.1) is 0 Å². The van der Waals surface area contributed by atoms with Crippen molar-refractivity contribution >= 4 is 11.6 Å². The number of hydrogen-bond donors (Lipinski definition) is 2. The fourth-order valence-corrected chi connectivity index (χ4v) is 1.63. The van der Waals surface area contributed by atoms with Crippen LogP contribution >= 0.6 is 0 Å². The minimum Gasteiger partial charge on any atom is -0.367 e. The highest BCUT2D eigenvalue weighted by atomic mass is 19.1. The number of benzene rings is 1. The van der Waals surface area contributed by atoms with Gasteiger partial charge in [0.25, 0.3) is 5.91 Å². The van der Waals surface area contributed by atoms with E-state index in [0.717, 1.165) is 0 Å². The molecular formula is C12H9F2N3O3. The Labute approximate surface area is 111 Å². The molecule has 0 aliphatic heterocycles. The first kappa shape index (κ1) is 13.7. The van der Waals surface area contributed by atoms with Crippen molar-refractivity contribution in [3.8, 4) is 0 Å². The third kappa shape index (κ3) is 2.63. The van der Waals surface area contributed by atoms with Crippen molar-refractivity contribution in [2.24, 2.45) is 0 Å². The smallest absolute Gasteiger partial charge is 0.305 e. The molecule has 8 heteroatoms. The van der Waals surface area contributed by atoms with Gasteiger partial charge < -0.3 is 10.3 Å². The van der Waals surface area contributed by atoms with Crippen LogP contribution in [0.1, 0.15) is 15.9 Å². The van der Waals surface area contributed by atoms with Crippen molar-refractivity contribution in [2.75, 3.05) is 0 Å². The van der Waals surface area contributed by atoms with E-state index in [4.69, 9.17) is 0 Å². The van der Waals surface area contributed by atoms with Crippen LogP contribution in [-0.4, -0.2) is 15.8 Å². The Hall–Kier alpha value is -2.77. The predicted octanol–water partition coefficient (Wildman–Crippen LogP) is 2.13. The maximum atomic E-state index is 13.8. The number of halogens is 2. The zero-order chi connectivity index (χ0) is 14.7. The summed E-state index contributed by atoms with van der Waals surface area (Å²) < 4.78 is 27.2. The van der Waals surface area contributed by atoms with Crippen molar-refractivity contribution in [3.05, 3.63) is 63.5 Å². The molecule has 2 N–H and O–H groups in total. The van der Waals surface area contributed by atoms with Crippen LogP contribution in [-0.2, 0) is 6.54 Å². The van der Waals surface area contributed by atoms with Crippen LogP contribution in [0.15, 0.2) is 30.6 Å². The molecule has 0 saturated heterocycles. The molecule has 0 radical (unpaired) electrons. The maximum Gasteiger partial charge on any atom is 0.305 e. The standard InChI is InChI=1S/C12H9F2N3O3/c13-8-1-2-9(17(19)20)11(14)10(8)12(18)16-6-7-3-4-15-5-7/h1-5,15H,6H2,(H,16,18). The van der Waals surface area contributed by atoms with Crippen LogP contribution in [0.2, 0.25) is 0 Å². The zero-order valence-corrected chi connectivity index (χ0v) is 10.0. The van der Waals surface area contributed by atoms with Crippen LogP contribution in [0.5, 0.6) is 0 Å². The Morgan fingerprint density at radius 3 is 2.70 bits per heavy atom. The van der Waals surface area contributed by atoms with Gasteiger partial charge in [-0.2, -0.15) is 4.39 Å². The summed E-state index contributed by atoms with van der Waals surface area (Å²) in [5.41, 5.74) is -1.21. The Kier molecular flexibility index (Phi) is 3.74. The van der Waals surface area contributed by atoms with E-state index in [1.165, 1.54) is 0 Å². The number of nitro benzene ring substituents is 1. The Morgan fingerprint density at radius 1 is 1.35 bits per heavy atom. The minimum absolute atomic E-state index is 0.0455. The topological polar surface area (TPSA) is 88.0 Å². The van der Waals surface area contributed by atoms with Crippen molar-refractivity contribution in [2.45, 2.75) is 6.54 Å². The molecule has 0 aliphatic carbocycles. The van der Waals surface area contributed by atoms with Crippen molar-refractivity contribution in [1.82, 2.24) is 10.3 Å². The molecule has 0 atom stereocenters. The van der Waals surface area contributed by atoms with E-state index in [0.29, 0.717) is 17.7 Å². The largest absolute Gasteiger partial charge is 0.367 e. The number of aromatic nitrogens is 1. The van der Waals surface area contributed by atoms with E-state index < -0.39 is 33.7 Å². The molecule has 6 nitrogen and oxygen atoms in total.